The summed E-state index contributed by atoms with van der Waals surface area (Å²) in [6.45, 7) is 8.35. The maximum atomic E-state index is 4.84. The molecule has 0 radical (unpaired) electrons. The second-order valence-electron chi connectivity index (χ2n) is 8.26. The van der Waals surface area contributed by atoms with Gasteiger partial charge in [0.1, 0.15) is 5.82 Å². The minimum atomic E-state index is 0.183. The molecular weight excluding hydrogens is 310 g/mol. The van der Waals surface area contributed by atoms with E-state index in [9.17, 15) is 0 Å². The molecule has 0 amide bonds. The van der Waals surface area contributed by atoms with Crippen LogP contribution in [0.25, 0.3) is 22.4 Å². The molecule has 1 aromatic carbocycles. The fraction of sp³-hybridized carbons (Fsp3) is 0.450. The lowest BCUT2D eigenvalue weighted by Gasteiger charge is -2.57. The monoisotopic (exact) mass is 333 g/mol. The Hall–Kier alpha value is -2.27. The Bertz CT molecular complexity index is 959. The quantitative estimate of drug-likeness (QED) is 0.717. The van der Waals surface area contributed by atoms with E-state index in [-0.39, 0.29) is 10.8 Å². The van der Waals surface area contributed by atoms with Gasteiger partial charge in [-0.25, -0.2) is 4.98 Å². The third-order valence-corrected chi connectivity index (χ3v) is 6.89. The summed E-state index contributed by atoms with van der Waals surface area (Å²) in [5, 5.41) is 11.6. The number of aromatic nitrogens is 4. The highest BCUT2D eigenvalue weighted by atomic mass is 15.1. The van der Waals surface area contributed by atoms with Gasteiger partial charge >= 0.3 is 0 Å². The van der Waals surface area contributed by atoms with Crippen LogP contribution in [0.3, 0.4) is 0 Å². The molecule has 2 atom stereocenters. The van der Waals surface area contributed by atoms with Crippen LogP contribution in [0.4, 0.5) is 0 Å². The van der Waals surface area contributed by atoms with Gasteiger partial charge in [0.05, 0.1) is 23.4 Å². The minimum absolute atomic E-state index is 0.183. The molecule has 1 aliphatic heterocycles. The number of nitrogens with one attached hydrogen (secondary N) is 2. The van der Waals surface area contributed by atoms with Crippen LogP contribution in [-0.2, 0) is 11.8 Å². The zero-order chi connectivity index (χ0) is 17.2. The fourth-order valence-electron chi connectivity index (χ4n) is 4.84. The first kappa shape index (κ1) is 15.0. The molecule has 1 saturated heterocycles. The van der Waals surface area contributed by atoms with Crippen LogP contribution in [0.15, 0.2) is 30.6 Å². The molecule has 3 heterocycles. The predicted octanol–water partition coefficient (Wildman–Crippen LogP) is 3.22. The van der Waals surface area contributed by atoms with Crippen molar-refractivity contribution in [1.82, 2.24) is 25.5 Å². The van der Waals surface area contributed by atoms with Gasteiger partial charge in [0, 0.05) is 17.0 Å². The van der Waals surface area contributed by atoms with Gasteiger partial charge in [-0.05, 0) is 54.1 Å². The van der Waals surface area contributed by atoms with E-state index in [1.165, 1.54) is 17.5 Å². The molecule has 25 heavy (non-hydrogen) atoms. The first-order valence-electron chi connectivity index (χ1n) is 9.03. The van der Waals surface area contributed by atoms with E-state index in [0.29, 0.717) is 6.04 Å². The van der Waals surface area contributed by atoms with Gasteiger partial charge in [0.15, 0.2) is 0 Å². The number of nitrogens with zero attached hydrogens (tertiary/aromatic N) is 3. The van der Waals surface area contributed by atoms with Crippen molar-refractivity contribution in [2.24, 2.45) is 5.41 Å². The van der Waals surface area contributed by atoms with Crippen LogP contribution in [0.2, 0.25) is 0 Å². The van der Waals surface area contributed by atoms with Crippen LogP contribution in [0.5, 0.6) is 0 Å². The Morgan fingerprint density at radius 1 is 1.16 bits per heavy atom. The maximum absolute atomic E-state index is 4.84. The summed E-state index contributed by atoms with van der Waals surface area (Å²) in [7, 11) is 0. The Morgan fingerprint density at radius 3 is 2.84 bits per heavy atom. The Balaban J connectivity index is 1.70. The van der Waals surface area contributed by atoms with Crippen LogP contribution in [-0.4, -0.2) is 32.8 Å². The molecule has 0 unspecified atom stereocenters. The number of rotatable bonds is 1. The lowest BCUT2D eigenvalue weighted by atomic mass is 9.51. The zero-order valence-electron chi connectivity index (χ0n) is 14.9. The average molecular weight is 333 g/mol. The average Bonchev–Trinajstić information content (AvgIpc) is 3.01. The highest BCUT2D eigenvalue weighted by molar-refractivity contribution is 5.81. The maximum Gasteiger partial charge on any atom is 0.140 e. The van der Waals surface area contributed by atoms with Crippen molar-refractivity contribution in [3.63, 3.8) is 0 Å². The van der Waals surface area contributed by atoms with Crippen molar-refractivity contribution >= 4 is 11.0 Å². The van der Waals surface area contributed by atoms with Crippen molar-refractivity contribution in [1.29, 1.82) is 0 Å². The predicted molar refractivity (Wildman–Crippen MR) is 98.4 cm³/mol. The first-order valence-corrected chi connectivity index (χ1v) is 9.03. The number of aromatic amines is 1. The van der Waals surface area contributed by atoms with Crippen molar-refractivity contribution in [3.05, 3.63) is 41.7 Å². The molecule has 0 spiro atoms. The highest BCUT2D eigenvalue weighted by Crippen LogP contribution is 2.54. The molecule has 1 fully saturated rings. The topological polar surface area (TPSA) is 66.5 Å². The molecule has 2 bridgehead atoms. The van der Waals surface area contributed by atoms with Gasteiger partial charge in [0.2, 0.25) is 0 Å². The largest absolute Gasteiger partial charge is 0.338 e. The van der Waals surface area contributed by atoms with Gasteiger partial charge in [-0.1, -0.05) is 20.8 Å². The number of hydrogen-bond donors (Lipinski definition) is 2. The summed E-state index contributed by atoms with van der Waals surface area (Å²) in [4.78, 5) is 8.30. The van der Waals surface area contributed by atoms with E-state index in [4.69, 9.17) is 4.98 Å². The Morgan fingerprint density at radius 2 is 2.04 bits per heavy atom. The van der Waals surface area contributed by atoms with Crippen LogP contribution >= 0.6 is 0 Å². The standard InChI is InChI=1S/C20H23N5/c1-19(2)17-9-13-8-15-16(10-14(13)20(19,3)5-7-21-17)25-18(24-15)12-4-6-22-23-11-12/h4,6,8,10-11,17,21H,5,7,9H2,1-3H3,(H,24,25)/t17-,20-/m0/s1. The molecule has 5 nitrogen and oxygen atoms in total. The first-order chi connectivity index (χ1) is 12.0. The van der Waals surface area contributed by atoms with E-state index >= 15 is 0 Å². The molecule has 3 aromatic rings. The lowest BCUT2D eigenvalue weighted by Crippen LogP contribution is -2.62. The molecule has 128 valence electrons. The molecule has 0 saturated carbocycles. The Kier molecular flexibility index (Phi) is 2.93. The molecule has 2 aromatic heterocycles. The van der Waals surface area contributed by atoms with Crippen LogP contribution in [0.1, 0.15) is 38.3 Å². The fourth-order valence-corrected chi connectivity index (χ4v) is 4.84. The molecule has 2 N–H and O–H groups in total. The molecule has 5 heteroatoms. The van der Waals surface area contributed by atoms with Crippen LogP contribution < -0.4 is 5.32 Å². The van der Waals surface area contributed by atoms with Gasteiger partial charge in [-0.15, -0.1) is 0 Å². The number of benzene rings is 1. The summed E-state index contributed by atoms with van der Waals surface area (Å²) in [5.41, 5.74) is 6.47. The second-order valence-corrected chi connectivity index (χ2v) is 8.26. The third-order valence-electron chi connectivity index (χ3n) is 6.89. The van der Waals surface area contributed by atoms with E-state index in [0.717, 1.165) is 35.4 Å². The van der Waals surface area contributed by atoms with E-state index in [1.54, 1.807) is 12.4 Å². The molecule has 2 aliphatic rings. The number of imidazole rings is 1. The van der Waals surface area contributed by atoms with E-state index in [1.807, 2.05) is 6.07 Å². The number of H-pyrrole nitrogens is 1. The molecule has 5 rings (SSSR count). The van der Waals surface area contributed by atoms with Crippen molar-refractivity contribution in [2.75, 3.05) is 6.54 Å². The number of hydrogen-bond acceptors (Lipinski definition) is 4. The van der Waals surface area contributed by atoms with Crippen molar-refractivity contribution in [2.45, 2.75) is 45.1 Å². The van der Waals surface area contributed by atoms with Gasteiger partial charge in [0.25, 0.3) is 0 Å². The number of piperidine rings is 1. The highest BCUT2D eigenvalue weighted by Gasteiger charge is 2.53. The summed E-state index contributed by atoms with van der Waals surface area (Å²) < 4.78 is 0. The smallest absolute Gasteiger partial charge is 0.140 e. The van der Waals surface area contributed by atoms with Crippen molar-refractivity contribution < 1.29 is 0 Å². The van der Waals surface area contributed by atoms with Crippen molar-refractivity contribution in [3.8, 4) is 11.4 Å². The second kappa shape index (κ2) is 4.88. The minimum Gasteiger partial charge on any atom is -0.338 e. The number of fused-ring (bicyclic) bond motifs is 5. The SMILES string of the molecule is CC1(C)[C@@H]2Cc3cc4[nH]c(-c5ccnnc5)nc4cc3[C@]1(C)CCN2. The third kappa shape index (κ3) is 1.96. The molecule has 1 aliphatic carbocycles. The summed E-state index contributed by atoms with van der Waals surface area (Å²) >= 11 is 0. The van der Waals surface area contributed by atoms with Crippen LogP contribution in [0, 0.1) is 5.41 Å². The lowest BCUT2D eigenvalue weighted by molar-refractivity contribution is 0.0561. The summed E-state index contributed by atoms with van der Waals surface area (Å²) in [6.07, 6.45) is 5.70. The van der Waals surface area contributed by atoms with Gasteiger partial charge < -0.3 is 10.3 Å². The summed E-state index contributed by atoms with van der Waals surface area (Å²) in [6, 6.07) is 7.10. The Labute approximate surface area is 147 Å². The molecular formula is C20H23N5. The zero-order valence-corrected chi connectivity index (χ0v) is 14.9. The van der Waals surface area contributed by atoms with E-state index in [2.05, 4.69) is 53.4 Å². The van der Waals surface area contributed by atoms with Gasteiger partial charge in [-0.2, -0.15) is 10.2 Å². The summed E-state index contributed by atoms with van der Waals surface area (Å²) in [5.74, 6) is 0.859. The van der Waals surface area contributed by atoms with E-state index < -0.39 is 0 Å². The normalized spacial score (nSPS) is 27.2. The van der Waals surface area contributed by atoms with Gasteiger partial charge in [-0.3, -0.25) is 0 Å².